The highest BCUT2D eigenvalue weighted by atomic mass is 35.5. The number of hydrogen-bond acceptors (Lipinski definition) is 6. The number of unbranched alkanes of at least 4 members (excludes halogenated alkanes) is 5. The molecule has 2 bridgehead atoms. The molecule has 2 saturated heterocycles. The number of fused-ring (bicyclic) bond motifs is 2. The van der Waals surface area contributed by atoms with Crippen LogP contribution in [-0.2, 0) is 15.3 Å². The van der Waals surface area contributed by atoms with Crippen molar-refractivity contribution in [1.82, 2.24) is 0 Å². The van der Waals surface area contributed by atoms with Gasteiger partial charge >= 0.3 is 0 Å². The van der Waals surface area contributed by atoms with Crippen molar-refractivity contribution in [2.45, 2.75) is 70.7 Å². The molecule has 2 aliphatic heterocycles. The van der Waals surface area contributed by atoms with Gasteiger partial charge in [-0.2, -0.15) is 15.8 Å². The molecule has 0 amide bonds. The summed E-state index contributed by atoms with van der Waals surface area (Å²) in [5.41, 5.74) is -2.99. The third-order valence-electron chi connectivity index (χ3n) is 6.83. The first-order valence-electron chi connectivity index (χ1n) is 10.8. The van der Waals surface area contributed by atoms with Crippen LogP contribution in [0, 0.1) is 56.2 Å². The molecular weight excluding hydrogens is 412 g/mol. The Morgan fingerprint density at radius 3 is 2.35 bits per heavy atom. The van der Waals surface area contributed by atoms with Gasteiger partial charge in [-0.05, 0) is 18.6 Å². The Labute approximate surface area is 188 Å². The number of nitrogens with one attached hydrogen (secondary N) is 1. The number of ether oxygens (including phenoxy) is 2. The van der Waals surface area contributed by atoms with Crippen LogP contribution in [0.1, 0.15) is 64.4 Å². The van der Waals surface area contributed by atoms with Crippen LogP contribution in [-0.4, -0.2) is 12.0 Å². The number of nitrogens with zero attached hydrogens (tertiary/aromatic N) is 3. The molecule has 31 heavy (non-hydrogen) atoms. The van der Waals surface area contributed by atoms with Crippen molar-refractivity contribution >= 4 is 17.5 Å². The number of nitriles is 3. The average Bonchev–Trinajstić information content (AvgIpc) is 2.93. The third kappa shape index (κ3) is 3.28. The lowest BCUT2D eigenvalue weighted by Crippen LogP contribution is -2.60. The van der Waals surface area contributed by atoms with Crippen LogP contribution < -0.4 is 0 Å². The summed E-state index contributed by atoms with van der Waals surface area (Å²) < 4.78 is 12.4. The Balaban J connectivity index is 2.03. The molecule has 0 saturated carbocycles. The zero-order valence-electron chi connectivity index (χ0n) is 17.9. The van der Waals surface area contributed by atoms with Crippen molar-refractivity contribution in [2.75, 3.05) is 0 Å². The molecule has 2 fully saturated rings. The quantitative estimate of drug-likeness (QED) is 0.513. The van der Waals surface area contributed by atoms with Crippen LogP contribution in [0.2, 0.25) is 5.02 Å². The predicted molar refractivity (Wildman–Crippen MR) is 116 cm³/mol. The Bertz CT molecular complexity index is 961. The summed E-state index contributed by atoms with van der Waals surface area (Å²) in [5, 5.41) is 39.6. The van der Waals surface area contributed by atoms with Crippen LogP contribution in [0.25, 0.3) is 0 Å². The largest absolute Gasteiger partial charge is 0.443 e. The zero-order valence-corrected chi connectivity index (χ0v) is 18.7. The van der Waals surface area contributed by atoms with Crippen molar-refractivity contribution in [1.29, 1.82) is 21.2 Å². The van der Waals surface area contributed by atoms with E-state index in [4.69, 9.17) is 26.5 Å². The smallest absolute Gasteiger partial charge is 0.243 e. The van der Waals surface area contributed by atoms with Crippen molar-refractivity contribution in [3.8, 4) is 18.2 Å². The van der Waals surface area contributed by atoms with Crippen LogP contribution in [0.15, 0.2) is 24.3 Å². The summed E-state index contributed by atoms with van der Waals surface area (Å²) in [4.78, 5) is 0. The molecule has 7 heteroatoms. The van der Waals surface area contributed by atoms with E-state index in [0.29, 0.717) is 17.0 Å². The lowest BCUT2D eigenvalue weighted by atomic mass is 9.53. The summed E-state index contributed by atoms with van der Waals surface area (Å²) in [6.45, 7) is 3.86. The zero-order chi connectivity index (χ0) is 22.7. The van der Waals surface area contributed by atoms with Crippen molar-refractivity contribution in [3.05, 3.63) is 34.9 Å². The second-order valence-electron chi connectivity index (χ2n) is 8.45. The van der Waals surface area contributed by atoms with Gasteiger partial charge in [0, 0.05) is 10.6 Å². The second kappa shape index (κ2) is 8.88. The highest BCUT2D eigenvalue weighted by Gasteiger charge is 2.79. The van der Waals surface area contributed by atoms with E-state index in [1.165, 1.54) is 6.42 Å². The summed E-state index contributed by atoms with van der Waals surface area (Å²) in [6.07, 6.45) is 5.81. The van der Waals surface area contributed by atoms with Crippen molar-refractivity contribution in [2.24, 2.45) is 16.7 Å². The molecule has 162 valence electrons. The van der Waals surface area contributed by atoms with Gasteiger partial charge in [0.2, 0.25) is 11.7 Å². The summed E-state index contributed by atoms with van der Waals surface area (Å²) in [5.74, 6) is -2.59. The Kier molecular flexibility index (Phi) is 6.61. The Morgan fingerprint density at radius 2 is 1.74 bits per heavy atom. The normalized spacial score (nSPS) is 30.6. The maximum atomic E-state index is 10.3. The molecule has 2 aliphatic rings. The third-order valence-corrected chi connectivity index (χ3v) is 7.06. The summed E-state index contributed by atoms with van der Waals surface area (Å²) in [6, 6.07) is 13.2. The van der Waals surface area contributed by atoms with Gasteiger partial charge in [0.1, 0.15) is 0 Å². The molecule has 4 atom stereocenters. The summed E-state index contributed by atoms with van der Waals surface area (Å²) in [7, 11) is 0. The molecule has 0 radical (unpaired) electrons. The van der Waals surface area contributed by atoms with Gasteiger partial charge in [0.25, 0.3) is 0 Å². The molecular formula is C24H27ClN4O2. The van der Waals surface area contributed by atoms with Gasteiger partial charge in [0.15, 0.2) is 10.8 Å². The maximum Gasteiger partial charge on any atom is 0.243 e. The highest BCUT2D eigenvalue weighted by molar-refractivity contribution is 6.30. The average molecular weight is 439 g/mol. The van der Waals surface area contributed by atoms with Crippen LogP contribution in [0.4, 0.5) is 0 Å². The topological polar surface area (TPSA) is 114 Å². The number of halogens is 1. The highest BCUT2D eigenvalue weighted by Crippen LogP contribution is 2.66. The van der Waals surface area contributed by atoms with Gasteiger partial charge in [-0.3, -0.25) is 5.41 Å². The van der Waals surface area contributed by atoms with Gasteiger partial charge in [-0.1, -0.05) is 76.1 Å². The van der Waals surface area contributed by atoms with Crippen LogP contribution >= 0.6 is 11.6 Å². The molecule has 1 aromatic rings. The first-order valence-corrected chi connectivity index (χ1v) is 11.2. The van der Waals surface area contributed by atoms with Crippen LogP contribution in [0.3, 0.4) is 0 Å². The Morgan fingerprint density at radius 1 is 1.06 bits per heavy atom. The van der Waals surface area contributed by atoms with Gasteiger partial charge in [-0.25, -0.2) is 0 Å². The molecule has 6 nitrogen and oxygen atoms in total. The fraction of sp³-hybridized carbons (Fsp3) is 0.583. The van der Waals surface area contributed by atoms with Gasteiger partial charge in [-0.15, -0.1) is 0 Å². The fourth-order valence-corrected chi connectivity index (χ4v) is 5.24. The maximum absolute atomic E-state index is 10.3. The molecule has 0 spiro atoms. The van der Waals surface area contributed by atoms with E-state index in [1.54, 1.807) is 31.2 Å². The molecule has 4 unspecified atom stereocenters. The SMILES string of the molecule is CCCCCCCCC1OC2(c3cccc(Cl)c3)OC(=N)C(C#N)(C2C)C1(C#N)C#N. The molecule has 0 aromatic heterocycles. The Hall–Kier alpha value is -2.59. The van der Waals surface area contributed by atoms with Gasteiger partial charge in [0.05, 0.1) is 30.2 Å². The van der Waals surface area contributed by atoms with E-state index in [1.807, 2.05) is 0 Å². The molecule has 3 rings (SSSR count). The predicted octanol–water partition coefficient (Wildman–Crippen LogP) is 5.83. The number of rotatable bonds is 8. The van der Waals surface area contributed by atoms with E-state index in [0.717, 1.165) is 32.1 Å². The molecule has 0 aliphatic carbocycles. The minimum absolute atomic E-state index is 0.393. The van der Waals surface area contributed by atoms with E-state index < -0.39 is 34.5 Å². The second-order valence-corrected chi connectivity index (χ2v) is 8.88. The van der Waals surface area contributed by atoms with E-state index >= 15 is 0 Å². The number of hydrogen-bond donors (Lipinski definition) is 1. The van der Waals surface area contributed by atoms with E-state index in [-0.39, 0.29) is 0 Å². The molecule has 1 N–H and O–H groups in total. The summed E-state index contributed by atoms with van der Waals surface area (Å²) >= 11 is 6.21. The first-order chi connectivity index (χ1) is 14.9. The molecule has 1 aromatic carbocycles. The van der Waals surface area contributed by atoms with Crippen molar-refractivity contribution in [3.63, 3.8) is 0 Å². The molecule has 2 heterocycles. The van der Waals surface area contributed by atoms with E-state index in [9.17, 15) is 15.8 Å². The van der Waals surface area contributed by atoms with E-state index in [2.05, 4.69) is 25.1 Å². The van der Waals surface area contributed by atoms with Crippen molar-refractivity contribution < 1.29 is 9.47 Å². The lowest BCUT2D eigenvalue weighted by molar-refractivity contribution is -0.286. The fourth-order valence-electron chi connectivity index (χ4n) is 5.05. The number of benzene rings is 1. The lowest BCUT2D eigenvalue weighted by Gasteiger charge is -2.48. The monoisotopic (exact) mass is 438 g/mol. The minimum atomic E-state index is -1.83. The standard InChI is InChI=1S/C24H27ClN4O2/c1-3-4-5-6-7-8-12-20-22(14-26,15-27)23(16-28)17(2)24(30-20,31-21(23)29)18-10-9-11-19(25)13-18/h9-11,13,17,20,29H,3-8,12H2,1-2H3. The van der Waals surface area contributed by atoms with Gasteiger partial charge < -0.3 is 9.47 Å². The first kappa shape index (κ1) is 23.1. The van der Waals surface area contributed by atoms with Crippen LogP contribution in [0.5, 0.6) is 0 Å². The minimum Gasteiger partial charge on any atom is -0.443 e.